The second kappa shape index (κ2) is 6.42. The Kier molecular flexibility index (Phi) is 4.84. The lowest BCUT2D eigenvalue weighted by molar-refractivity contribution is 0.628. The molecule has 1 heterocycles. The summed E-state index contributed by atoms with van der Waals surface area (Å²) in [5.41, 5.74) is 2.11. The predicted octanol–water partition coefficient (Wildman–Crippen LogP) is 5.32. The Morgan fingerprint density at radius 3 is 2.65 bits per heavy atom. The van der Waals surface area contributed by atoms with Crippen molar-refractivity contribution >= 4 is 29.0 Å². The van der Waals surface area contributed by atoms with Crippen molar-refractivity contribution in [1.29, 1.82) is 0 Å². The van der Waals surface area contributed by atoms with Crippen molar-refractivity contribution in [2.45, 2.75) is 20.3 Å². The second-order valence-corrected chi connectivity index (χ2v) is 5.35. The molecule has 0 saturated carbocycles. The number of nitrogens with zero attached hydrogens (tertiary/aromatic N) is 1. The molecule has 0 atom stereocenters. The second-order valence-electron chi connectivity index (χ2n) is 4.54. The number of anilines is 1. The number of halogens is 3. The minimum Gasteiger partial charge on any atom is -0.369 e. The zero-order valence-corrected chi connectivity index (χ0v) is 12.8. The summed E-state index contributed by atoms with van der Waals surface area (Å²) in [5.74, 6) is 0.248. The standard InChI is InChI=1S/C15H15Cl2FN2/c1-3-6-19-15-13(17)8-12(16)14(20-15)11-7-10(18)5-4-9(11)2/h4-5,7-8H,3,6H2,1-2H3,(H,19,20). The third-order valence-corrected chi connectivity index (χ3v) is 3.50. The van der Waals surface area contributed by atoms with Crippen molar-refractivity contribution < 1.29 is 4.39 Å². The average molecular weight is 313 g/mol. The molecule has 0 fully saturated rings. The van der Waals surface area contributed by atoms with Crippen molar-refractivity contribution in [2.75, 3.05) is 11.9 Å². The molecule has 0 saturated heterocycles. The molecule has 0 aliphatic rings. The van der Waals surface area contributed by atoms with Gasteiger partial charge in [-0.25, -0.2) is 9.37 Å². The van der Waals surface area contributed by atoms with Crippen molar-refractivity contribution in [3.05, 3.63) is 45.7 Å². The highest BCUT2D eigenvalue weighted by Crippen LogP contribution is 2.34. The van der Waals surface area contributed by atoms with Gasteiger partial charge in [-0.05, 0) is 37.1 Å². The van der Waals surface area contributed by atoms with Gasteiger partial charge in [-0.1, -0.05) is 36.2 Å². The number of hydrogen-bond acceptors (Lipinski definition) is 2. The number of hydrogen-bond donors (Lipinski definition) is 1. The Hall–Kier alpha value is -1.32. The van der Waals surface area contributed by atoms with E-state index in [4.69, 9.17) is 23.2 Å². The fraction of sp³-hybridized carbons (Fsp3) is 0.267. The first-order chi connectivity index (χ1) is 9.52. The van der Waals surface area contributed by atoms with Gasteiger partial charge < -0.3 is 5.32 Å². The Morgan fingerprint density at radius 1 is 1.20 bits per heavy atom. The number of nitrogens with one attached hydrogen (secondary N) is 1. The van der Waals surface area contributed by atoms with Crippen molar-refractivity contribution in [2.24, 2.45) is 0 Å². The van der Waals surface area contributed by atoms with E-state index in [0.29, 0.717) is 27.1 Å². The van der Waals surface area contributed by atoms with Crippen LogP contribution in [-0.2, 0) is 0 Å². The summed E-state index contributed by atoms with van der Waals surface area (Å²) < 4.78 is 13.4. The summed E-state index contributed by atoms with van der Waals surface area (Å²) in [6.45, 7) is 4.70. The van der Waals surface area contributed by atoms with Crippen molar-refractivity contribution in [1.82, 2.24) is 4.98 Å². The minimum absolute atomic E-state index is 0.318. The van der Waals surface area contributed by atoms with Gasteiger partial charge in [0.25, 0.3) is 0 Å². The number of aromatic nitrogens is 1. The number of rotatable bonds is 4. The lowest BCUT2D eigenvalue weighted by atomic mass is 10.0. The van der Waals surface area contributed by atoms with E-state index in [1.54, 1.807) is 12.1 Å². The first kappa shape index (κ1) is 15.1. The van der Waals surface area contributed by atoms with Crippen LogP contribution in [0, 0.1) is 12.7 Å². The van der Waals surface area contributed by atoms with Crippen LogP contribution in [0.25, 0.3) is 11.3 Å². The Bertz CT molecular complexity index is 630. The van der Waals surface area contributed by atoms with Crippen LogP contribution in [0.5, 0.6) is 0 Å². The van der Waals surface area contributed by atoms with Crippen LogP contribution in [0.15, 0.2) is 24.3 Å². The Morgan fingerprint density at radius 2 is 1.95 bits per heavy atom. The van der Waals surface area contributed by atoms with Crippen LogP contribution in [-0.4, -0.2) is 11.5 Å². The van der Waals surface area contributed by atoms with Gasteiger partial charge in [-0.2, -0.15) is 0 Å². The molecule has 1 N–H and O–H groups in total. The van der Waals surface area contributed by atoms with E-state index in [1.807, 2.05) is 6.92 Å². The van der Waals surface area contributed by atoms with Crippen molar-refractivity contribution in [3.63, 3.8) is 0 Å². The normalized spacial score (nSPS) is 10.7. The third-order valence-electron chi connectivity index (χ3n) is 2.93. The number of aryl methyl sites for hydroxylation is 1. The lowest BCUT2D eigenvalue weighted by Gasteiger charge is -2.12. The quantitative estimate of drug-likeness (QED) is 0.826. The van der Waals surface area contributed by atoms with Crippen molar-refractivity contribution in [3.8, 4) is 11.3 Å². The van der Waals surface area contributed by atoms with Gasteiger partial charge in [0.05, 0.1) is 15.7 Å². The zero-order valence-electron chi connectivity index (χ0n) is 11.3. The molecule has 2 aromatic rings. The highest BCUT2D eigenvalue weighted by atomic mass is 35.5. The monoisotopic (exact) mass is 312 g/mol. The summed E-state index contributed by atoms with van der Waals surface area (Å²) >= 11 is 12.3. The van der Waals surface area contributed by atoms with Crippen LogP contribution in [0.2, 0.25) is 10.0 Å². The van der Waals surface area contributed by atoms with Crippen LogP contribution >= 0.6 is 23.2 Å². The summed E-state index contributed by atoms with van der Waals surface area (Å²) in [6.07, 6.45) is 0.953. The summed E-state index contributed by atoms with van der Waals surface area (Å²) in [7, 11) is 0. The van der Waals surface area contributed by atoms with E-state index in [2.05, 4.69) is 17.2 Å². The van der Waals surface area contributed by atoms with Crippen LogP contribution in [0.3, 0.4) is 0 Å². The first-order valence-corrected chi connectivity index (χ1v) is 7.15. The lowest BCUT2D eigenvalue weighted by Crippen LogP contribution is -2.04. The maximum atomic E-state index is 13.4. The summed E-state index contributed by atoms with van der Waals surface area (Å²) in [5, 5.41) is 4.01. The molecule has 2 nitrogen and oxygen atoms in total. The zero-order chi connectivity index (χ0) is 14.7. The molecule has 0 bridgehead atoms. The van der Waals surface area contributed by atoms with Crippen LogP contribution in [0.4, 0.5) is 10.2 Å². The maximum absolute atomic E-state index is 13.4. The highest BCUT2D eigenvalue weighted by Gasteiger charge is 2.13. The van der Waals surface area contributed by atoms with Gasteiger partial charge in [0, 0.05) is 12.1 Å². The van der Waals surface area contributed by atoms with E-state index in [-0.39, 0.29) is 5.82 Å². The molecule has 0 aliphatic carbocycles. The number of benzene rings is 1. The van der Waals surface area contributed by atoms with E-state index in [9.17, 15) is 4.39 Å². The molecule has 2 rings (SSSR count). The molecule has 20 heavy (non-hydrogen) atoms. The summed E-state index contributed by atoms with van der Waals surface area (Å²) in [6, 6.07) is 6.18. The maximum Gasteiger partial charge on any atom is 0.145 e. The minimum atomic E-state index is -0.318. The predicted molar refractivity (Wildman–Crippen MR) is 83.2 cm³/mol. The van der Waals surface area contributed by atoms with Crippen LogP contribution < -0.4 is 5.32 Å². The highest BCUT2D eigenvalue weighted by molar-refractivity contribution is 6.37. The molecule has 0 unspecified atom stereocenters. The molecule has 0 spiro atoms. The van der Waals surface area contributed by atoms with Gasteiger partial charge >= 0.3 is 0 Å². The molecule has 1 aromatic heterocycles. The van der Waals surface area contributed by atoms with Gasteiger partial charge in [0.2, 0.25) is 0 Å². The third kappa shape index (κ3) is 3.22. The van der Waals surface area contributed by atoms with Gasteiger partial charge in [0.1, 0.15) is 11.6 Å². The molecule has 1 aromatic carbocycles. The Labute approximate surface area is 127 Å². The van der Waals surface area contributed by atoms with Crippen LogP contribution in [0.1, 0.15) is 18.9 Å². The topological polar surface area (TPSA) is 24.9 Å². The molecule has 0 amide bonds. The first-order valence-electron chi connectivity index (χ1n) is 6.39. The van der Waals surface area contributed by atoms with E-state index in [1.165, 1.54) is 12.1 Å². The average Bonchev–Trinajstić information content (AvgIpc) is 2.41. The molecule has 0 aliphatic heterocycles. The molecule has 5 heteroatoms. The Balaban J connectivity index is 2.52. The fourth-order valence-electron chi connectivity index (χ4n) is 1.87. The smallest absolute Gasteiger partial charge is 0.145 e. The fourth-order valence-corrected chi connectivity index (χ4v) is 2.40. The van der Waals surface area contributed by atoms with E-state index in [0.717, 1.165) is 18.5 Å². The molecular formula is C15H15Cl2FN2. The van der Waals surface area contributed by atoms with E-state index >= 15 is 0 Å². The largest absolute Gasteiger partial charge is 0.369 e. The van der Waals surface area contributed by atoms with Gasteiger partial charge in [-0.15, -0.1) is 0 Å². The van der Waals surface area contributed by atoms with Gasteiger partial charge in [0.15, 0.2) is 0 Å². The summed E-state index contributed by atoms with van der Waals surface area (Å²) in [4.78, 5) is 4.44. The molecule has 106 valence electrons. The van der Waals surface area contributed by atoms with Gasteiger partial charge in [-0.3, -0.25) is 0 Å². The van der Waals surface area contributed by atoms with E-state index < -0.39 is 0 Å². The molecule has 0 radical (unpaired) electrons. The number of pyridine rings is 1. The SMILES string of the molecule is CCCNc1nc(-c2cc(F)ccc2C)c(Cl)cc1Cl. The molecular weight excluding hydrogens is 298 g/mol.